The number of fused-ring (bicyclic) bond motifs is 4. The smallest absolute Gasteiger partial charge is 0.186 e. The average Bonchev–Trinajstić information content (AvgIpc) is 2.80. The van der Waals surface area contributed by atoms with Gasteiger partial charge >= 0.3 is 0 Å². The van der Waals surface area contributed by atoms with Gasteiger partial charge in [0, 0.05) is 12.0 Å². The van der Waals surface area contributed by atoms with E-state index in [4.69, 9.17) is 0 Å². The first-order valence-corrected chi connectivity index (χ1v) is 6.56. The molecule has 3 aliphatic rings. The number of rotatable bonds is 0. The molecule has 0 radical (unpaired) electrons. The maximum atomic E-state index is 11.7. The quantitative estimate of drug-likeness (QED) is 0.697. The first kappa shape index (κ1) is 10.7. The van der Waals surface area contributed by atoms with Crippen LogP contribution in [-0.2, 0) is 4.79 Å². The maximum absolute atomic E-state index is 11.7. The Morgan fingerprint density at radius 2 is 1.89 bits per heavy atom. The highest BCUT2D eigenvalue weighted by molar-refractivity contribution is 6.13. The molecule has 3 aliphatic carbocycles. The van der Waals surface area contributed by atoms with Gasteiger partial charge in [0.2, 0.25) is 0 Å². The molecule has 0 N–H and O–H groups in total. The number of hydrogen-bond acceptors (Lipinski definition) is 2. The highest BCUT2D eigenvalue weighted by atomic mass is 16.1. The molecule has 0 fully saturated rings. The second kappa shape index (κ2) is 3.64. The van der Waals surface area contributed by atoms with E-state index < -0.39 is 0 Å². The first-order valence-electron chi connectivity index (χ1n) is 6.56. The van der Waals surface area contributed by atoms with Crippen LogP contribution in [0.25, 0.3) is 17.7 Å². The van der Waals surface area contributed by atoms with Gasteiger partial charge in [-0.25, -0.2) is 0 Å². The fourth-order valence-electron chi connectivity index (χ4n) is 3.23. The van der Waals surface area contributed by atoms with E-state index in [0.29, 0.717) is 6.42 Å². The molecule has 0 heterocycles. The molecule has 19 heavy (non-hydrogen) atoms. The van der Waals surface area contributed by atoms with Gasteiger partial charge in [-0.05, 0) is 64.3 Å². The molecule has 1 aromatic carbocycles. The SMILES string of the molecule is O=C1C=C2CC=c3c4c(ccc3=C2CC1)C(=O)C=C4. The van der Waals surface area contributed by atoms with Crippen LogP contribution in [0, 0.1) is 0 Å². The summed E-state index contributed by atoms with van der Waals surface area (Å²) in [4.78, 5) is 23.2. The predicted octanol–water partition coefficient (Wildman–Crippen LogP) is 1.52. The van der Waals surface area contributed by atoms with E-state index in [1.807, 2.05) is 18.2 Å². The molecule has 0 amide bonds. The van der Waals surface area contributed by atoms with Gasteiger partial charge in [-0.15, -0.1) is 0 Å². The number of carbonyl (C=O) groups excluding carboxylic acids is 2. The molecule has 0 saturated heterocycles. The van der Waals surface area contributed by atoms with Crippen molar-refractivity contribution in [3.8, 4) is 0 Å². The van der Waals surface area contributed by atoms with Crippen molar-refractivity contribution in [3.63, 3.8) is 0 Å². The van der Waals surface area contributed by atoms with Crippen molar-refractivity contribution in [2.75, 3.05) is 0 Å². The van der Waals surface area contributed by atoms with Crippen LogP contribution >= 0.6 is 0 Å². The molecule has 0 saturated carbocycles. The van der Waals surface area contributed by atoms with Gasteiger partial charge in [0.05, 0.1) is 0 Å². The largest absolute Gasteiger partial charge is 0.295 e. The van der Waals surface area contributed by atoms with E-state index in [1.165, 1.54) is 16.0 Å². The maximum Gasteiger partial charge on any atom is 0.186 e. The van der Waals surface area contributed by atoms with Crippen molar-refractivity contribution in [3.05, 3.63) is 51.4 Å². The van der Waals surface area contributed by atoms with Crippen LogP contribution in [0.1, 0.15) is 35.2 Å². The number of ketones is 2. The van der Waals surface area contributed by atoms with Crippen LogP contribution in [-0.4, -0.2) is 11.6 Å². The molecule has 0 spiro atoms. The first-order chi connectivity index (χ1) is 9.24. The fraction of sp³-hybridized carbons (Fsp3) is 0.176. The molecule has 0 bridgehead atoms. The van der Waals surface area contributed by atoms with Gasteiger partial charge in [0.15, 0.2) is 11.6 Å². The predicted molar refractivity (Wildman–Crippen MR) is 73.9 cm³/mol. The standard InChI is InChI=1S/C17H12O2/c18-11-2-4-12-10(9-11)1-3-14-13(12)5-6-16-15(14)7-8-17(16)19/h3,5-9H,1-2,4H2. The molecule has 1 aromatic rings. The van der Waals surface area contributed by atoms with Crippen LogP contribution in [0.15, 0.2) is 29.9 Å². The zero-order valence-electron chi connectivity index (χ0n) is 10.4. The number of benzene rings is 1. The van der Waals surface area contributed by atoms with Gasteiger partial charge < -0.3 is 0 Å². The molecule has 0 aromatic heterocycles. The fourth-order valence-corrected chi connectivity index (χ4v) is 3.23. The zero-order chi connectivity index (χ0) is 13.0. The third-order valence-corrected chi connectivity index (χ3v) is 4.15. The van der Waals surface area contributed by atoms with Crippen molar-refractivity contribution in [2.45, 2.75) is 19.3 Å². The van der Waals surface area contributed by atoms with Crippen molar-refractivity contribution < 1.29 is 9.59 Å². The lowest BCUT2D eigenvalue weighted by Gasteiger charge is -2.19. The molecular weight excluding hydrogens is 236 g/mol. The van der Waals surface area contributed by atoms with Crippen molar-refractivity contribution in [1.82, 2.24) is 0 Å². The van der Waals surface area contributed by atoms with Gasteiger partial charge in [-0.1, -0.05) is 12.1 Å². The summed E-state index contributed by atoms with van der Waals surface area (Å²) in [5.41, 5.74) is 4.28. The summed E-state index contributed by atoms with van der Waals surface area (Å²) in [5.74, 6) is 0.322. The second-order valence-corrected chi connectivity index (χ2v) is 5.21. The Labute approximate surface area is 110 Å². The summed E-state index contributed by atoms with van der Waals surface area (Å²) in [6.07, 6.45) is 9.70. The van der Waals surface area contributed by atoms with Gasteiger partial charge in [0.25, 0.3) is 0 Å². The van der Waals surface area contributed by atoms with Crippen LogP contribution in [0.3, 0.4) is 0 Å². The lowest BCUT2D eigenvalue weighted by atomic mass is 9.84. The summed E-state index contributed by atoms with van der Waals surface area (Å²) in [6.45, 7) is 0. The Balaban J connectivity index is 2.10. The zero-order valence-corrected chi connectivity index (χ0v) is 10.4. The van der Waals surface area contributed by atoms with E-state index in [0.717, 1.165) is 29.5 Å². The van der Waals surface area contributed by atoms with Crippen LogP contribution in [0.4, 0.5) is 0 Å². The molecule has 2 heteroatoms. The molecule has 0 atom stereocenters. The third-order valence-electron chi connectivity index (χ3n) is 4.15. The number of hydrogen-bond donors (Lipinski definition) is 0. The van der Waals surface area contributed by atoms with Gasteiger partial charge in [-0.3, -0.25) is 9.59 Å². The Morgan fingerprint density at radius 1 is 1.00 bits per heavy atom. The highest BCUT2D eigenvalue weighted by Gasteiger charge is 2.21. The minimum Gasteiger partial charge on any atom is -0.295 e. The van der Waals surface area contributed by atoms with Gasteiger partial charge in [-0.2, -0.15) is 0 Å². The monoisotopic (exact) mass is 248 g/mol. The number of allylic oxidation sites excluding steroid dienone is 3. The summed E-state index contributed by atoms with van der Waals surface area (Å²) in [7, 11) is 0. The lowest BCUT2D eigenvalue weighted by molar-refractivity contribution is -0.114. The van der Waals surface area contributed by atoms with E-state index in [-0.39, 0.29) is 11.6 Å². The molecule has 0 unspecified atom stereocenters. The lowest BCUT2D eigenvalue weighted by Crippen LogP contribution is -2.34. The molecule has 2 nitrogen and oxygen atoms in total. The highest BCUT2D eigenvalue weighted by Crippen LogP contribution is 2.27. The normalized spacial score (nSPS) is 19.6. The van der Waals surface area contributed by atoms with E-state index >= 15 is 0 Å². The summed E-state index contributed by atoms with van der Waals surface area (Å²) in [5, 5.41) is 2.36. The summed E-state index contributed by atoms with van der Waals surface area (Å²) >= 11 is 0. The Morgan fingerprint density at radius 3 is 2.79 bits per heavy atom. The molecule has 92 valence electrons. The van der Waals surface area contributed by atoms with E-state index in [1.54, 1.807) is 12.2 Å². The Bertz CT molecular complexity index is 820. The van der Waals surface area contributed by atoms with E-state index in [2.05, 4.69) is 6.08 Å². The van der Waals surface area contributed by atoms with Crippen molar-refractivity contribution >= 4 is 29.3 Å². The van der Waals surface area contributed by atoms with Crippen LogP contribution in [0.2, 0.25) is 0 Å². The average molecular weight is 248 g/mol. The Kier molecular flexibility index (Phi) is 2.05. The minimum absolute atomic E-state index is 0.0939. The molecule has 0 aliphatic heterocycles. The molecular formula is C17H12O2. The minimum atomic E-state index is 0.0939. The third kappa shape index (κ3) is 1.43. The van der Waals surface area contributed by atoms with E-state index in [9.17, 15) is 9.59 Å². The molecule has 4 rings (SSSR count). The van der Waals surface area contributed by atoms with Crippen molar-refractivity contribution in [2.24, 2.45) is 0 Å². The number of carbonyl (C=O) groups is 2. The summed E-state index contributed by atoms with van der Waals surface area (Å²) in [6, 6.07) is 3.95. The van der Waals surface area contributed by atoms with Crippen molar-refractivity contribution in [1.29, 1.82) is 0 Å². The topological polar surface area (TPSA) is 34.1 Å². The van der Waals surface area contributed by atoms with Crippen LogP contribution in [0.5, 0.6) is 0 Å². The van der Waals surface area contributed by atoms with Crippen LogP contribution < -0.4 is 10.4 Å². The Hall–Kier alpha value is -2.22. The summed E-state index contributed by atoms with van der Waals surface area (Å²) < 4.78 is 0. The second-order valence-electron chi connectivity index (χ2n) is 5.21. The van der Waals surface area contributed by atoms with Gasteiger partial charge in [0.1, 0.15) is 0 Å².